The Morgan fingerprint density at radius 2 is 1.68 bits per heavy atom. The van der Waals surface area contributed by atoms with Crippen molar-refractivity contribution >= 4 is 29.7 Å². The minimum absolute atomic E-state index is 0.0215. The molecule has 0 aliphatic carbocycles. The summed E-state index contributed by atoms with van der Waals surface area (Å²) in [5.74, 6) is -2.34. The zero-order chi connectivity index (χ0) is 25.1. The summed E-state index contributed by atoms with van der Waals surface area (Å²) in [5, 5.41) is 15.0. The number of ketones is 1. The summed E-state index contributed by atoms with van der Waals surface area (Å²) in [7, 11) is 0. The van der Waals surface area contributed by atoms with Gasteiger partial charge in [0.2, 0.25) is 17.7 Å². The van der Waals surface area contributed by atoms with Crippen LogP contribution in [0.3, 0.4) is 0 Å². The second-order valence-electron chi connectivity index (χ2n) is 7.95. The van der Waals surface area contributed by atoms with Gasteiger partial charge in [-0.25, -0.2) is 4.39 Å². The molecule has 2 aromatic rings. The normalized spacial score (nSPS) is 12.2. The van der Waals surface area contributed by atoms with Crippen molar-refractivity contribution in [1.29, 1.82) is 5.41 Å². The highest BCUT2D eigenvalue weighted by molar-refractivity contribution is 6.26. The second kappa shape index (κ2) is 13.0. The van der Waals surface area contributed by atoms with E-state index in [0.29, 0.717) is 17.3 Å². The molecular weight excluding hydrogens is 439 g/mol. The van der Waals surface area contributed by atoms with E-state index >= 15 is 0 Å². The number of benzene rings is 2. The van der Waals surface area contributed by atoms with E-state index in [1.165, 1.54) is 13.0 Å². The quantitative estimate of drug-likeness (QED) is 0.355. The van der Waals surface area contributed by atoms with Gasteiger partial charge in [-0.3, -0.25) is 19.2 Å². The number of rotatable bonds is 12. The summed E-state index contributed by atoms with van der Waals surface area (Å²) in [6.45, 7) is 3.01. The van der Waals surface area contributed by atoms with E-state index in [1.54, 1.807) is 19.1 Å². The molecule has 0 bridgehead atoms. The molecule has 2 aromatic carbocycles. The van der Waals surface area contributed by atoms with Crippen molar-refractivity contribution in [3.8, 4) is 0 Å². The van der Waals surface area contributed by atoms with Crippen LogP contribution >= 0.6 is 0 Å². The fourth-order valence-corrected chi connectivity index (χ4v) is 3.33. The zero-order valence-corrected chi connectivity index (χ0v) is 19.2. The fourth-order valence-electron chi connectivity index (χ4n) is 3.33. The second-order valence-corrected chi connectivity index (χ2v) is 7.95. The highest BCUT2D eigenvalue weighted by Crippen LogP contribution is 2.10. The summed E-state index contributed by atoms with van der Waals surface area (Å²) in [4.78, 5) is 49.1. The molecule has 2 atom stereocenters. The summed E-state index contributed by atoms with van der Waals surface area (Å²) in [6, 6.07) is 11.6. The van der Waals surface area contributed by atoms with Gasteiger partial charge in [-0.15, -0.1) is 0 Å². The molecule has 0 aromatic heterocycles. The smallest absolute Gasteiger partial charge is 0.243 e. The van der Waals surface area contributed by atoms with Crippen LogP contribution in [0.5, 0.6) is 0 Å². The van der Waals surface area contributed by atoms with E-state index in [4.69, 9.17) is 5.41 Å². The van der Waals surface area contributed by atoms with Gasteiger partial charge >= 0.3 is 0 Å². The zero-order valence-electron chi connectivity index (χ0n) is 19.2. The lowest BCUT2D eigenvalue weighted by Crippen LogP contribution is -2.54. The van der Waals surface area contributed by atoms with Gasteiger partial charge in [0.05, 0.1) is 6.21 Å². The van der Waals surface area contributed by atoms with Crippen molar-refractivity contribution in [2.75, 3.05) is 0 Å². The van der Waals surface area contributed by atoms with Crippen LogP contribution < -0.4 is 16.0 Å². The number of amides is 3. The van der Waals surface area contributed by atoms with Crippen LogP contribution in [0.2, 0.25) is 0 Å². The third kappa shape index (κ3) is 8.57. The van der Waals surface area contributed by atoms with Gasteiger partial charge in [-0.05, 0) is 36.1 Å². The lowest BCUT2D eigenvalue weighted by atomic mass is 10.0. The molecule has 3 amide bonds. The number of Topliss-reactive ketones (excluding diaryl/α,β-unsaturated/α-hetero) is 1. The predicted molar refractivity (Wildman–Crippen MR) is 126 cm³/mol. The Hall–Kier alpha value is -3.88. The Balaban J connectivity index is 2.12. The Morgan fingerprint density at radius 3 is 2.29 bits per heavy atom. The molecule has 0 aliphatic heterocycles. The monoisotopic (exact) mass is 468 g/mol. The van der Waals surface area contributed by atoms with Crippen LogP contribution in [-0.4, -0.2) is 41.8 Å². The van der Waals surface area contributed by atoms with Gasteiger partial charge < -0.3 is 21.4 Å². The number of carbonyl (C=O) groups excluding carboxylic acids is 4. The number of halogens is 1. The first-order valence-electron chi connectivity index (χ1n) is 10.9. The molecule has 34 heavy (non-hydrogen) atoms. The molecule has 0 fully saturated rings. The van der Waals surface area contributed by atoms with E-state index < -0.39 is 35.6 Å². The largest absolute Gasteiger partial charge is 0.350 e. The lowest BCUT2D eigenvalue weighted by Gasteiger charge is -2.23. The van der Waals surface area contributed by atoms with Crippen molar-refractivity contribution in [3.05, 3.63) is 71.0 Å². The highest BCUT2D eigenvalue weighted by Gasteiger charge is 2.26. The van der Waals surface area contributed by atoms with Crippen LogP contribution in [-0.2, 0) is 32.1 Å². The van der Waals surface area contributed by atoms with E-state index in [2.05, 4.69) is 16.0 Å². The molecule has 2 rings (SSSR count). The molecule has 0 radical (unpaired) electrons. The van der Waals surface area contributed by atoms with Gasteiger partial charge in [-0.1, -0.05) is 42.5 Å². The van der Waals surface area contributed by atoms with E-state index in [0.717, 1.165) is 5.56 Å². The standard InChI is InChI=1S/C25H29FN4O4/c1-16-12-19(8-10-21(16)26)15-28-24(33)22(11-9-20(32)14-27)30-25(34)23(29-17(2)31)13-18-6-4-3-5-7-18/h3-8,10,12,14,22-23,27H,9,11,13,15H2,1-2H3,(H,28,33)(H,29,31)(H,30,34)/t22-,23-/m0/s1. The third-order valence-corrected chi connectivity index (χ3v) is 5.14. The van der Waals surface area contributed by atoms with E-state index in [1.807, 2.05) is 30.3 Å². The molecule has 9 heteroatoms. The Bertz CT molecular complexity index is 1040. The maximum absolute atomic E-state index is 13.5. The first-order valence-corrected chi connectivity index (χ1v) is 10.9. The highest BCUT2D eigenvalue weighted by atomic mass is 19.1. The van der Waals surface area contributed by atoms with Crippen LogP contribution in [0.1, 0.15) is 36.5 Å². The molecule has 0 saturated carbocycles. The Labute approximate surface area is 197 Å². The van der Waals surface area contributed by atoms with Gasteiger partial charge in [0, 0.05) is 26.3 Å². The van der Waals surface area contributed by atoms with Gasteiger partial charge in [-0.2, -0.15) is 0 Å². The number of hydrogen-bond acceptors (Lipinski definition) is 5. The maximum Gasteiger partial charge on any atom is 0.243 e. The first kappa shape index (κ1) is 26.4. The molecule has 0 spiro atoms. The molecule has 180 valence electrons. The summed E-state index contributed by atoms with van der Waals surface area (Å²) in [6.07, 6.45) is 0.746. The van der Waals surface area contributed by atoms with E-state index in [-0.39, 0.29) is 31.6 Å². The van der Waals surface area contributed by atoms with Gasteiger partial charge in [0.25, 0.3) is 0 Å². The van der Waals surface area contributed by atoms with Gasteiger partial charge in [0.1, 0.15) is 17.9 Å². The van der Waals surface area contributed by atoms with Crippen molar-refractivity contribution in [1.82, 2.24) is 16.0 Å². The number of aryl methyl sites for hydroxylation is 1. The summed E-state index contributed by atoms with van der Waals surface area (Å²) < 4.78 is 13.5. The van der Waals surface area contributed by atoms with Crippen molar-refractivity contribution in [3.63, 3.8) is 0 Å². The molecule has 0 heterocycles. The lowest BCUT2D eigenvalue weighted by molar-refractivity contribution is -0.132. The SMILES string of the molecule is CC(=O)N[C@@H](Cc1ccccc1)C(=O)N[C@@H](CCC(=O)C=N)C(=O)NCc1ccc(F)c(C)c1. The summed E-state index contributed by atoms with van der Waals surface area (Å²) >= 11 is 0. The Morgan fingerprint density at radius 1 is 0.971 bits per heavy atom. The molecule has 0 unspecified atom stereocenters. The fraction of sp³-hybridized carbons (Fsp3) is 0.320. The molecule has 4 N–H and O–H groups in total. The van der Waals surface area contributed by atoms with Crippen molar-refractivity contribution in [2.45, 2.75) is 51.7 Å². The van der Waals surface area contributed by atoms with E-state index in [9.17, 15) is 23.6 Å². The average molecular weight is 469 g/mol. The predicted octanol–water partition coefficient (Wildman–Crippen LogP) is 1.98. The minimum atomic E-state index is -1.06. The molecule has 0 aliphatic rings. The van der Waals surface area contributed by atoms with Crippen molar-refractivity contribution in [2.24, 2.45) is 0 Å². The first-order chi connectivity index (χ1) is 16.2. The number of carbonyl (C=O) groups is 4. The Kier molecular flexibility index (Phi) is 10.1. The molecule has 0 saturated heterocycles. The topological polar surface area (TPSA) is 128 Å². The number of hydrogen-bond donors (Lipinski definition) is 4. The van der Waals surface area contributed by atoms with Crippen molar-refractivity contribution < 1.29 is 23.6 Å². The average Bonchev–Trinajstić information content (AvgIpc) is 2.81. The van der Waals surface area contributed by atoms with Crippen LogP contribution in [0.15, 0.2) is 48.5 Å². The summed E-state index contributed by atoms with van der Waals surface area (Å²) in [5.41, 5.74) is 1.93. The number of nitrogens with one attached hydrogen (secondary N) is 4. The third-order valence-electron chi connectivity index (χ3n) is 5.14. The van der Waals surface area contributed by atoms with Crippen LogP contribution in [0.4, 0.5) is 4.39 Å². The van der Waals surface area contributed by atoms with Crippen LogP contribution in [0, 0.1) is 18.2 Å². The minimum Gasteiger partial charge on any atom is -0.350 e. The molecule has 8 nitrogen and oxygen atoms in total. The maximum atomic E-state index is 13.5. The molecular formula is C25H29FN4O4. The van der Waals surface area contributed by atoms with Crippen LogP contribution in [0.25, 0.3) is 0 Å². The van der Waals surface area contributed by atoms with Gasteiger partial charge in [0.15, 0.2) is 5.78 Å².